The Labute approximate surface area is 150 Å². The minimum absolute atomic E-state index is 0.0880. The van der Waals surface area contributed by atoms with Gasteiger partial charge in [-0.05, 0) is 31.5 Å². The number of benzene rings is 1. The van der Waals surface area contributed by atoms with Gasteiger partial charge in [0.25, 0.3) is 0 Å². The minimum Gasteiger partial charge on any atom is -0.421 e. The number of aryl methyl sites for hydroxylation is 2. The Hall–Kier alpha value is -2.60. The molecule has 3 rings (SSSR count). The predicted molar refractivity (Wildman–Crippen MR) is 95.2 cm³/mol. The van der Waals surface area contributed by atoms with Crippen LogP contribution in [-0.4, -0.2) is 20.7 Å². The molecule has 2 aromatic heterocycles. The van der Waals surface area contributed by atoms with E-state index in [0.717, 1.165) is 22.5 Å². The van der Waals surface area contributed by atoms with Crippen LogP contribution in [0.15, 0.2) is 34.7 Å². The Morgan fingerprint density at radius 3 is 2.68 bits per heavy atom. The van der Waals surface area contributed by atoms with Gasteiger partial charge in [-0.3, -0.25) is 4.79 Å². The van der Waals surface area contributed by atoms with Gasteiger partial charge in [-0.2, -0.15) is 0 Å². The molecule has 0 atom stereocenters. The molecule has 7 heteroatoms. The van der Waals surface area contributed by atoms with Crippen molar-refractivity contribution >= 4 is 17.5 Å². The van der Waals surface area contributed by atoms with Crippen LogP contribution in [0.25, 0.3) is 11.5 Å². The van der Waals surface area contributed by atoms with E-state index < -0.39 is 0 Å². The highest BCUT2D eigenvalue weighted by atomic mass is 35.5. The van der Waals surface area contributed by atoms with Gasteiger partial charge >= 0.3 is 0 Å². The van der Waals surface area contributed by atoms with Crippen molar-refractivity contribution in [3.8, 4) is 11.5 Å². The minimum atomic E-state index is -0.0880. The van der Waals surface area contributed by atoms with Gasteiger partial charge in [0.15, 0.2) is 0 Å². The van der Waals surface area contributed by atoms with Crippen molar-refractivity contribution in [1.82, 2.24) is 20.1 Å². The molecule has 0 spiro atoms. The molecule has 3 aromatic rings. The molecule has 0 saturated carbocycles. The normalized spacial score (nSPS) is 10.9. The maximum absolute atomic E-state index is 12.3. The first-order valence-corrected chi connectivity index (χ1v) is 8.31. The number of halogens is 1. The van der Waals surface area contributed by atoms with Gasteiger partial charge in [0, 0.05) is 29.9 Å². The smallest absolute Gasteiger partial charge is 0.249 e. The van der Waals surface area contributed by atoms with Crippen molar-refractivity contribution in [2.24, 2.45) is 0 Å². The summed E-state index contributed by atoms with van der Waals surface area (Å²) in [5, 5.41) is 11.5. The van der Waals surface area contributed by atoms with Gasteiger partial charge in [0.2, 0.25) is 17.7 Å². The molecule has 2 heterocycles. The molecule has 1 N–H and O–H groups in total. The fraction of sp³-hybridized carbons (Fsp3) is 0.278. The number of amides is 1. The molecule has 1 aromatic carbocycles. The number of carbonyl (C=O) groups is 1. The van der Waals surface area contributed by atoms with E-state index in [9.17, 15) is 4.79 Å². The second-order valence-electron chi connectivity index (χ2n) is 5.87. The fourth-order valence-corrected chi connectivity index (χ4v) is 2.90. The summed E-state index contributed by atoms with van der Waals surface area (Å²) in [5.74, 6) is 0.889. The highest BCUT2D eigenvalue weighted by molar-refractivity contribution is 6.31. The summed E-state index contributed by atoms with van der Waals surface area (Å²) in [5.41, 5.74) is 3.60. The van der Waals surface area contributed by atoms with Crippen molar-refractivity contribution in [2.45, 2.75) is 33.9 Å². The average Bonchev–Trinajstić information content (AvgIpc) is 3.12. The third-order valence-electron chi connectivity index (χ3n) is 4.07. The zero-order valence-corrected chi connectivity index (χ0v) is 15.1. The molecule has 0 bridgehead atoms. The molecular formula is C18H19ClN4O2. The summed E-state index contributed by atoms with van der Waals surface area (Å²) in [6, 6.07) is 9.41. The monoisotopic (exact) mass is 358 g/mol. The van der Waals surface area contributed by atoms with E-state index in [4.69, 9.17) is 16.0 Å². The number of hydrogen-bond donors (Lipinski definition) is 1. The lowest BCUT2D eigenvalue weighted by Gasteiger charge is -2.11. The SMILES string of the molecule is Cc1nnc(-c2cc(C)n(CC(=O)NCc3ccccc3Cl)c2C)o1. The number of hydrogen-bond acceptors (Lipinski definition) is 4. The van der Waals surface area contributed by atoms with E-state index in [1.54, 1.807) is 6.92 Å². The lowest BCUT2D eigenvalue weighted by molar-refractivity contribution is -0.121. The van der Waals surface area contributed by atoms with E-state index in [2.05, 4.69) is 15.5 Å². The zero-order valence-electron chi connectivity index (χ0n) is 14.3. The van der Waals surface area contributed by atoms with Crippen molar-refractivity contribution in [2.75, 3.05) is 0 Å². The molecule has 0 aliphatic heterocycles. The lowest BCUT2D eigenvalue weighted by atomic mass is 10.2. The van der Waals surface area contributed by atoms with E-state index in [1.807, 2.05) is 48.7 Å². The number of carbonyl (C=O) groups excluding carboxylic acids is 1. The number of nitrogens with zero attached hydrogens (tertiary/aromatic N) is 3. The Bertz CT molecular complexity index is 914. The summed E-state index contributed by atoms with van der Waals surface area (Å²) in [4.78, 5) is 12.3. The quantitative estimate of drug-likeness (QED) is 0.758. The molecule has 0 radical (unpaired) electrons. The van der Waals surface area contributed by atoms with Crippen LogP contribution in [0.2, 0.25) is 5.02 Å². The first kappa shape index (κ1) is 17.2. The van der Waals surface area contributed by atoms with E-state index >= 15 is 0 Å². The number of nitrogens with one attached hydrogen (secondary N) is 1. The number of rotatable bonds is 5. The molecule has 0 aliphatic rings. The van der Waals surface area contributed by atoms with Crippen molar-refractivity contribution in [3.05, 3.63) is 58.2 Å². The molecule has 0 fully saturated rings. The average molecular weight is 359 g/mol. The Kier molecular flexibility index (Phi) is 4.90. The van der Waals surface area contributed by atoms with Crippen molar-refractivity contribution in [3.63, 3.8) is 0 Å². The first-order chi connectivity index (χ1) is 12.0. The molecule has 6 nitrogen and oxygen atoms in total. The topological polar surface area (TPSA) is 73.0 Å². The first-order valence-electron chi connectivity index (χ1n) is 7.93. The predicted octanol–water partition coefficient (Wildman–Crippen LogP) is 3.43. The van der Waals surface area contributed by atoms with Crippen LogP contribution in [-0.2, 0) is 17.9 Å². The lowest BCUT2D eigenvalue weighted by Crippen LogP contribution is -2.28. The summed E-state index contributed by atoms with van der Waals surface area (Å²) in [6.45, 7) is 6.24. The second kappa shape index (κ2) is 7.11. The van der Waals surface area contributed by atoms with Gasteiger partial charge < -0.3 is 14.3 Å². The molecule has 130 valence electrons. The van der Waals surface area contributed by atoms with Crippen LogP contribution in [0, 0.1) is 20.8 Å². The third-order valence-corrected chi connectivity index (χ3v) is 4.43. The third kappa shape index (κ3) is 3.74. The van der Waals surface area contributed by atoms with Gasteiger partial charge in [-0.25, -0.2) is 0 Å². The highest BCUT2D eigenvalue weighted by Gasteiger charge is 2.17. The maximum atomic E-state index is 12.3. The summed E-state index contributed by atoms with van der Waals surface area (Å²) >= 11 is 6.11. The van der Waals surface area contributed by atoms with Crippen LogP contribution < -0.4 is 5.32 Å². The largest absolute Gasteiger partial charge is 0.421 e. The molecule has 0 aliphatic carbocycles. The van der Waals surface area contributed by atoms with Crippen LogP contribution in [0.1, 0.15) is 22.8 Å². The molecule has 0 unspecified atom stereocenters. The van der Waals surface area contributed by atoms with Crippen molar-refractivity contribution in [1.29, 1.82) is 0 Å². The van der Waals surface area contributed by atoms with Crippen LogP contribution in [0.4, 0.5) is 0 Å². The highest BCUT2D eigenvalue weighted by Crippen LogP contribution is 2.25. The molecule has 1 amide bonds. The summed E-state index contributed by atoms with van der Waals surface area (Å²) in [6.07, 6.45) is 0. The second-order valence-corrected chi connectivity index (χ2v) is 6.27. The fourth-order valence-electron chi connectivity index (χ4n) is 2.70. The van der Waals surface area contributed by atoms with E-state index in [1.165, 1.54) is 0 Å². The molecular weight excluding hydrogens is 340 g/mol. The standard InChI is InChI=1S/C18H19ClN4O2/c1-11-8-15(18-22-21-13(3)25-18)12(2)23(11)10-17(24)20-9-14-6-4-5-7-16(14)19/h4-8H,9-10H2,1-3H3,(H,20,24). The number of aromatic nitrogens is 3. The summed E-state index contributed by atoms with van der Waals surface area (Å²) < 4.78 is 7.42. The zero-order chi connectivity index (χ0) is 18.0. The maximum Gasteiger partial charge on any atom is 0.249 e. The Balaban J connectivity index is 1.71. The van der Waals surface area contributed by atoms with E-state index in [-0.39, 0.29) is 12.5 Å². The molecule has 0 saturated heterocycles. The summed E-state index contributed by atoms with van der Waals surface area (Å²) in [7, 11) is 0. The van der Waals surface area contributed by atoms with Crippen LogP contribution in [0.5, 0.6) is 0 Å². The van der Waals surface area contributed by atoms with Gasteiger partial charge in [-0.1, -0.05) is 29.8 Å². The van der Waals surface area contributed by atoms with Crippen LogP contribution in [0.3, 0.4) is 0 Å². The van der Waals surface area contributed by atoms with Crippen LogP contribution >= 0.6 is 11.6 Å². The van der Waals surface area contributed by atoms with E-state index in [0.29, 0.717) is 23.3 Å². The Morgan fingerprint density at radius 1 is 1.24 bits per heavy atom. The van der Waals surface area contributed by atoms with Crippen molar-refractivity contribution < 1.29 is 9.21 Å². The van der Waals surface area contributed by atoms with Gasteiger partial charge in [0.05, 0.1) is 5.56 Å². The Morgan fingerprint density at radius 2 is 2.00 bits per heavy atom. The molecule has 25 heavy (non-hydrogen) atoms. The van der Waals surface area contributed by atoms with Gasteiger partial charge in [-0.15, -0.1) is 10.2 Å². The van der Waals surface area contributed by atoms with Gasteiger partial charge in [0.1, 0.15) is 6.54 Å².